The van der Waals surface area contributed by atoms with Gasteiger partial charge in [0.1, 0.15) is 5.75 Å². The fraction of sp³-hybridized carbons (Fsp3) is 0.125. The van der Waals surface area contributed by atoms with Gasteiger partial charge in [0, 0.05) is 12.4 Å². The van der Waals surface area contributed by atoms with Crippen LogP contribution in [0.3, 0.4) is 0 Å². The van der Waals surface area contributed by atoms with Crippen molar-refractivity contribution in [3.05, 3.63) is 109 Å². The largest absolute Gasteiger partial charge is 0.489 e. The van der Waals surface area contributed by atoms with E-state index < -0.39 is 0 Å². The summed E-state index contributed by atoms with van der Waals surface area (Å²) in [6.07, 6.45) is 6.21. The highest BCUT2D eigenvalue weighted by molar-refractivity contribution is 5.81. The SMILES string of the molecule is CCCCOc1c(C=O)cccc1Oc1ccc(-c2cc(-c3ccccn3)nc(-c3ccccn3)c2)cc1. The van der Waals surface area contributed by atoms with Gasteiger partial charge in [-0.3, -0.25) is 14.8 Å². The quantitative estimate of drug-likeness (QED) is 0.144. The number of carbonyl (C=O) groups excluding carboxylic acids is 1. The maximum atomic E-state index is 11.6. The number of aldehydes is 1. The van der Waals surface area contributed by atoms with Gasteiger partial charge in [-0.25, -0.2) is 4.98 Å². The standard InChI is InChI=1S/C32H27N3O3/c1-2-3-19-37-32-24(22-36)9-8-12-31(32)38-26-15-13-23(14-16-26)25-20-29(27-10-4-6-17-33-27)35-30(21-25)28-11-5-7-18-34-28/h4-18,20-22H,2-3,19H2,1H3. The third-order valence-electron chi connectivity index (χ3n) is 5.98. The first-order valence-electron chi connectivity index (χ1n) is 12.6. The molecule has 38 heavy (non-hydrogen) atoms. The zero-order valence-corrected chi connectivity index (χ0v) is 21.1. The number of ether oxygens (including phenoxy) is 2. The van der Waals surface area contributed by atoms with Crippen LogP contribution in [0.15, 0.2) is 103 Å². The summed E-state index contributed by atoms with van der Waals surface area (Å²) in [4.78, 5) is 25.4. The van der Waals surface area contributed by atoms with Crippen LogP contribution in [0.5, 0.6) is 17.2 Å². The van der Waals surface area contributed by atoms with E-state index in [2.05, 4.69) is 16.9 Å². The lowest BCUT2D eigenvalue weighted by Crippen LogP contribution is -2.01. The third-order valence-corrected chi connectivity index (χ3v) is 5.98. The predicted molar refractivity (Wildman–Crippen MR) is 148 cm³/mol. The summed E-state index contributed by atoms with van der Waals surface area (Å²) < 4.78 is 12.0. The molecule has 0 fully saturated rings. The minimum Gasteiger partial charge on any atom is -0.489 e. The molecule has 5 rings (SSSR count). The van der Waals surface area contributed by atoms with Crippen LogP contribution in [0.25, 0.3) is 33.9 Å². The van der Waals surface area contributed by atoms with E-state index in [9.17, 15) is 4.79 Å². The molecule has 0 saturated carbocycles. The Morgan fingerprint density at radius 3 is 2.00 bits per heavy atom. The molecule has 2 aromatic carbocycles. The third kappa shape index (κ3) is 5.76. The number of hydrogen-bond acceptors (Lipinski definition) is 6. The minimum atomic E-state index is 0.467. The van der Waals surface area contributed by atoms with Gasteiger partial charge < -0.3 is 9.47 Å². The van der Waals surface area contributed by atoms with Crippen LogP contribution in [0, 0.1) is 0 Å². The maximum absolute atomic E-state index is 11.6. The number of hydrogen-bond donors (Lipinski definition) is 0. The molecule has 0 aliphatic carbocycles. The second kappa shape index (κ2) is 11.9. The molecule has 6 heteroatoms. The first-order valence-corrected chi connectivity index (χ1v) is 12.6. The van der Waals surface area contributed by atoms with E-state index in [1.807, 2.05) is 78.9 Å². The molecule has 0 unspecified atom stereocenters. The van der Waals surface area contributed by atoms with Gasteiger partial charge in [-0.15, -0.1) is 0 Å². The van der Waals surface area contributed by atoms with Crippen molar-refractivity contribution in [1.29, 1.82) is 0 Å². The molecule has 0 radical (unpaired) electrons. The molecule has 0 bridgehead atoms. The van der Waals surface area contributed by atoms with Crippen molar-refractivity contribution in [2.24, 2.45) is 0 Å². The fourth-order valence-corrected chi connectivity index (χ4v) is 4.01. The first kappa shape index (κ1) is 24.8. The van der Waals surface area contributed by atoms with Gasteiger partial charge in [0.2, 0.25) is 0 Å². The summed E-state index contributed by atoms with van der Waals surface area (Å²) in [5, 5.41) is 0. The minimum absolute atomic E-state index is 0.467. The highest BCUT2D eigenvalue weighted by atomic mass is 16.5. The Morgan fingerprint density at radius 1 is 0.737 bits per heavy atom. The van der Waals surface area contributed by atoms with Gasteiger partial charge in [0.25, 0.3) is 0 Å². The van der Waals surface area contributed by atoms with E-state index in [0.29, 0.717) is 29.4 Å². The summed E-state index contributed by atoms with van der Waals surface area (Å²) in [6, 6.07) is 28.7. The fourth-order valence-electron chi connectivity index (χ4n) is 4.01. The van der Waals surface area contributed by atoms with Gasteiger partial charge in [-0.1, -0.05) is 43.7 Å². The molecular weight excluding hydrogens is 474 g/mol. The Balaban J connectivity index is 1.46. The molecule has 0 atom stereocenters. The molecule has 0 aliphatic rings. The number of unbranched alkanes of at least 4 members (excludes halogenated alkanes) is 1. The van der Waals surface area contributed by atoms with Crippen molar-refractivity contribution >= 4 is 6.29 Å². The predicted octanol–water partition coefficient (Wildman–Crippen LogP) is 7.66. The average molecular weight is 502 g/mol. The number of aromatic nitrogens is 3. The van der Waals surface area contributed by atoms with Crippen molar-refractivity contribution in [2.45, 2.75) is 19.8 Å². The molecule has 3 aromatic heterocycles. The zero-order chi connectivity index (χ0) is 26.2. The smallest absolute Gasteiger partial charge is 0.172 e. The molecule has 188 valence electrons. The average Bonchev–Trinajstić information content (AvgIpc) is 2.99. The van der Waals surface area contributed by atoms with Gasteiger partial charge in [-0.2, -0.15) is 0 Å². The summed E-state index contributed by atoms with van der Waals surface area (Å²) in [5.74, 6) is 1.62. The summed E-state index contributed by atoms with van der Waals surface area (Å²) in [7, 11) is 0. The second-order valence-electron chi connectivity index (χ2n) is 8.68. The van der Waals surface area contributed by atoms with Crippen LogP contribution in [-0.2, 0) is 0 Å². The molecule has 0 amide bonds. The van der Waals surface area contributed by atoms with E-state index in [1.54, 1.807) is 24.5 Å². The Morgan fingerprint density at radius 2 is 1.42 bits per heavy atom. The maximum Gasteiger partial charge on any atom is 0.172 e. The molecule has 0 saturated heterocycles. The van der Waals surface area contributed by atoms with Crippen LogP contribution in [0.2, 0.25) is 0 Å². The number of rotatable bonds is 10. The van der Waals surface area contributed by atoms with Crippen molar-refractivity contribution in [3.8, 4) is 51.2 Å². The first-order chi connectivity index (χ1) is 18.7. The van der Waals surface area contributed by atoms with Crippen molar-refractivity contribution < 1.29 is 14.3 Å². The van der Waals surface area contributed by atoms with Crippen molar-refractivity contribution in [3.63, 3.8) is 0 Å². The number of nitrogens with zero attached hydrogens (tertiary/aromatic N) is 3. The Kier molecular flexibility index (Phi) is 7.80. The molecular formula is C32H27N3O3. The topological polar surface area (TPSA) is 74.2 Å². The highest BCUT2D eigenvalue weighted by Crippen LogP contribution is 2.36. The van der Waals surface area contributed by atoms with E-state index in [1.165, 1.54) is 0 Å². The van der Waals surface area contributed by atoms with Gasteiger partial charge >= 0.3 is 0 Å². The van der Waals surface area contributed by atoms with Crippen LogP contribution in [0.4, 0.5) is 0 Å². The number of carbonyl (C=O) groups is 1. The molecule has 0 spiro atoms. The van der Waals surface area contributed by atoms with E-state index >= 15 is 0 Å². The summed E-state index contributed by atoms with van der Waals surface area (Å²) in [5.41, 5.74) is 5.56. The van der Waals surface area contributed by atoms with Gasteiger partial charge in [-0.05, 0) is 78.2 Å². The number of benzene rings is 2. The molecule has 5 aromatic rings. The zero-order valence-electron chi connectivity index (χ0n) is 21.1. The van der Waals surface area contributed by atoms with Crippen molar-refractivity contribution in [2.75, 3.05) is 6.61 Å². The molecule has 0 N–H and O–H groups in total. The highest BCUT2D eigenvalue weighted by Gasteiger charge is 2.13. The van der Waals surface area contributed by atoms with E-state index in [0.717, 1.165) is 53.0 Å². The lowest BCUT2D eigenvalue weighted by molar-refractivity contribution is 0.111. The van der Waals surface area contributed by atoms with Gasteiger partial charge in [0.05, 0.1) is 34.9 Å². The molecule has 6 nitrogen and oxygen atoms in total. The monoisotopic (exact) mass is 501 g/mol. The van der Waals surface area contributed by atoms with E-state index in [-0.39, 0.29) is 0 Å². The van der Waals surface area contributed by atoms with Crippen molar-refractivity contribution in [1.82, 2.24) is 15.0 Å². The summed E-state index contributed by atoms with van der Waals surface area (Å²) in [6.45, 7) is 2.62. The van der Waals surface area contributed by atoms with Gasteiger partial charge in [0.15, 0.2) is 17.8 Å². The molecule has 0 aliphatic heterocycles. The van der Waals surface area contributed by atoms with Crippen LogP contribution >= 0.6 is 0 Å². The van der Waals surface area contributed by atoms with Crippen LogP contribution < -0.4 is 9.47 Å². The normalized spacial score (nSPS) is 10.7. The van der Waals surface area contributed by atoms with Crippen LogP contribution in [0.1, 0.15) is 30.1 Å². The Hall–Kier alpha value is -4.84. The van der Waals surface area contributed by atoms with E-state index in [4.69, 9.17) is 14.5 Å². The van der Waals surface area contributed by atoms with Crippen LogP contribution in [-0.4, -0.2) is 27.8 Å². The second-order valence-corrected chi connectivity index (χ2v) is 8.68. The Bertz CT molecular complexity index is 1450. The number of pyridine rings is 3. The lowest BCUT2D eigenvalue weighted by atomic mass is 10.0. The Labute approximate surface area is 222 Å². The summed E-state index contributed by atoms with van der Waals surface area (Å²) >= 11 is 0. The molecule has 3 heterocycles. The lowest BCUT2D eigenvalue weighted by Gasteiger charge is -2.14. The number of para-hydroxylation sites is 1.